The maximum absolute atomic E-state index is 5.97. The Labute approximate surface area is 122 Å². The molecule has 0 aliphatic rings. The van der Waals surface area contributed by atoms with Gasteiger partial charge in [0.15, 0.2) is 0 Å². The van der Waals surface area contributed by atoms with Crippen LogP contribution in [0.1, 0.15) is 38.2 Å². The molecule has 0 spiro atoms. The van der Waals surface area contributed by atoms with Crippen LogP contribution >= 0.6 is 11.6 Å². The fourth-order valence-electron chi connectivity index (χ4n) is 2.45. The summed E-state index contributed by atoms with van der Waals surface area (Å²) in [6.07, 6.45) is 2.47. The minimum atomic E-state index is 0.536. The number of halogens is 1. The molecule has 2 unspecified atom stereocenters. The summed E-state index contributed by atoms with van der Waals surface area (Å²) >= 11 is 5.97. The Balaban J connectivity index is 2.65. The van der Waals surface area contributed by atoms with Gasteiger partial charge in [-0.2, -0.15) is 0 Å². The number of ether oxygens (including phenoxy) is 1. The van der Waals surface area contributed by atoms with Crippen LogP contribution in [0.25, 0.3) is 0 Å². The molecule has 0 aromatic heterocycles. The third kappa shape index (κ3) is 5.94. The first-order valence-corrected chi connectivity index (χ1v) is 7.52. The molecule has 0 heterocycles. The molecule has 19 heavy (non-hydrogen) atoms. The van der Waals surface area contributed by atoms with E-state index in [1.54, 1.807) is 7.11 Å². The fraction of sp³-hybridized carbons (Fsp3) is 0.625. The van der Waals surface area contributed by atoms with Crippen LogP contribution in [0.4, 0.5) is 0 Å². The summed E-state index contributed by atoms with van der Waals surface area (Å²) in [6, 6.07) is 8.27. The molecule has 0 radical (unpaired) electrons. The molecule has 0 amide bonds. The standard InChI is InChI=1S/C16H26ClNO/c1-4-5-13(2)16(12-18-10-11-19-3)14-6-8-15(17)9-7-14/h6-9,13,16,18H,4-5,10-12H2,1-3H3. The van der Waals surface area contributed by atoms with Gasteiger partial charge in [-0.1, -0.05) is 50.4 Å². The number of nitrogens with one attached hydrogen (secondary N) is 1. The van der Waals surface area contributed by atoms with Gasteiger partial charge in [-0.05, 0) is 29.5 Å². The van der Waals surface area contributed by atoms with Gasteiger partial charge in [0, 0.05) is 25.2 Å². The highest BCUT2D eigenvalue weighted by Gasteiger charge is 2.18. The molecule has 1 N–H and O–H groups in total. The summed E-state index contributed by atoms with van der Waals surface area (Å²) in [5, 5.41) is 4.28. The zero-order chi connectivity index (χ0) is 14.1. The van der Waals surface area contributed by atoms with Gasteiger partial charge in [-0.3, -0.25) is 0 Å². The van der Waals surface area contributed by atoms with Gasteiger partial charge in [-0.25, -0.2) is 0 Å². The Bertz CT molecular complexity index is 339. The lowest BCUT2D eigenvalue weighted by Crippen LogP contribution is -2.28. The molecule has 1 aromatic rings. The lowest BCUT2D eigenvalue weighted by molar-refractivity contribution is 0.198. The lowest BCUT2D eigenvalue weighted by atomic mass is 9.84. The van der Waals surface area contributed by atoms with E-state index in [1.807, 2.05) is 12.1 Å². The van der Waals surface area contributed by atoms with E-state index in [2.05, 4.69) is 31.3 Å². The number of hydrogen-bond acceptors (Lipinski definition) is 2. The van der Waals surface area contributed by atoms with E-state index in [-0.39, 0.29) is 0 Å². The van der Waals surface area contributed by atoms with Gasteiger partial charge in [-0.15, -0.1) is 0 Å². The topological polar surface area (TPSA) is 21.3 Å². The van der Waals surface area contributed by atoms with Crippen molar-refractivity contribution in [1.82, 2.24) is 5.32 Å². The van der Waals surface area contributed by atoms with Crippen LogP contribution in [0.5, 0.6) is 0 Å². The monoisotopic (exact) mass is 283 g/mol. The second kappa shape index (κ2) is 9.35. The highest BCUT2D eigenvalue weighted by Crippen LogP contribution is 2.28. The zero-order valence-electron chi connectivity index (χ0n) is 12.3. The third-order valence-corrected chi connectivity index (χ3v) is 3.83. The van der Waals surface area contributed by atoms with Crippen LogP contribution in [0.2, 0.25) is 5.02 Å². The maximum atomic E-state index is 5.97. The molecule has 1 aromatic carbocycles. The van der Waals surface area contributed by atoms with Crippen LogP contribution in [-0.4, -0.2) is 26.8 Å². The lowest BCUT2D eigenvalue weighted by Gasteiger charge is -2.25. The van der Waals surface area contributed by atoms with Gasteiger partial charge in [0.1, 0.15) is 0 Å². The molecular formula is C16H26ClNO. The Hall–Kier alpha value is -0.570. The van der Waals surface area contributed by atoms with E-state index < -0.39 is 0 Å². The highest BCUT2D eigenvalue weighted by atomic mass is 35.5. The van der Waals surface area contributed by atoms with Crippen LogP contribution in [0.15, 0.2) is 24.3 Å². The Morgan fingerprint density at radius 2 is 1.95 bits per heavy atom. The molecule has 0 saturated carbocycles. The predicted molar refractivity (Wildman–Crippen MR) is 83.0 cm³/mol. The summed E-state index contributed by atoms with van der Waals surface area (Å²) in [7, 11) is 1.73. The quantitative estimate of drug-likeness (QED) is 0.689. The van der Waals surface area contributed by atoms with Crippen LogP contribution in [-0.2, 0) is 4.74 Å². The van der Waals surface area contributed by atoms with Gasteiger partial charge in [0.25, 0.3) is 0 Å². The van der Waals surface area contributed by atoms with E-state index in [0.717, 1.165) is 24.7 Å². The Morgan fingerprint density at radius 3 is 2.53 bits per heavy atom. The van der Waals surface area contributed by atoms with Crippen molar-refractivity contribution in [2.75, 3.05) is 26.8 Å². The Kier molecular flexibility index (Phi) is 8.11. The van der Waals surface area contributed by atoms with E-state index >= 15 is 0 Å². The fourth-order valence-corrected chi connectivity index (χ4v) is 2.57. The number of hydrogen-bond donors (Lipinski definition) is 1. The van der Waals surface area contributed by atoms with Gasteiger partial charge >= 0.3 is 0 Å². The maximum Gasteiger partial charge on any atom is 0.0587 e. The average molecular weight is 284 g/mol. The van der Waals surface area contributed by atoms with Crippen LogP contribution in [0.3, 0.4) is 0 Å². The van der Waals surface area contributed by atoms with Crippen LogP contribution in [0, 0.1) is 5.92 Å². The van der Waals surface area contributed by atoms with Crippen LogP contribution < -0.4 is 5.32 Å². The third-order valence-electron chi connectivity index (χ3n) is 3.58. The molecule has 2 atom stereocenters. The molecule has 108 valence electrons. The van der Waals surface area contributed by atoms with Gasteiger partial charge < -0.3 is 10.1 Å². The molecule has 0 fully saturated rings. The minimum absolute atomic E-state index is 0.536. The predicted octanol–water partition coefficient (Wildman–Crippen LogP) is 4.10. The largest absolute Gasteiger partial charge is 0.383 e. The highest BCUT2D eigenvalue weighted by molar-refractivity contribution is 6.30. The zero-order valence-corrected chi connectivity index (χ0v) is 13.0. The first-order chi connectivity index (χ1) is 9.19. The minimum Gasteiger partial charge on any atom is -0.383 e. The van der Waals surface area contributed by atoms with Crippen molar-refractivity contribution < 1.29 is 4.74 Å². The van der Waals surface area contributed by atoms with Crippen molar-refractivity contribution in [2.24, 2.45) is 5.92 Å². The summed E-state index contributed by atoms with van der Waals surface area (Å²) < 4.78 is 5.07. The number of rotatable bonds is 9. The number of benzene rings is 1. The van der Waals surface area contributed by atoms with Crippen molar-refractivity contribution >= 4 is 11.6 Å². The van der Waals surface area contributed by atoms with Crippen molar-refractivity contribution in [3.63, 3.8) is 0 Å². The smallest absolute Gasteiger partial charge is 0.0587 e. The number of methoxy groups -OCH3 is 1. The molecule has 0 saturated heterocycles. The summed E-state index contributed by atoms with van der Waals surface area (Å²) in [6.45, 7) is 7.23. The molecule has 1 rings (SSSR count). The van der Waals surface area contributed by atoms with E-state index in [0.29, 0.717) is 11.8 Å². The first kappa shape index (κ1) is 16.5. The van der Waals surface area contributed by atoms with E-state index in [9.17, 15) is 0 Å². The van der Waals surface area contributed by atoms with Crippen molar-refractivity contribution in [2.45, 2.75) is 32.6 Å². The molecule has 3 heteroatoms. The van der Waals surface area contributed by atoms with Crippen molar-refractivity contribution in [1.29, 1.82) is 0 Å². The van der Waals surface area contributed by atoms with E-state index in [1.165, 1.54) is 18.4 Å². The van der Waals surface area contributed by atoms with Gasteiger partial charge in [0.05, 0.1) is 6.61 Å². The SMILES string of the molecule is CCCC(C)C(CNCCOC)c1ccc(Cl)cc1. The summed E-state index contributed by atoms with van der Waals surface area (Å²) in [5.41, 5.74) is 1.37. The second-order valence-corrected chi connectivity index (χ2v) is 5.56. The molecule has 2 nitrogen and oxygen atoms in total. The Morgan fingerprint density at radius 1 is 1.26 bits per heavy atom. The van der Waals surface area contributed by atoms with Crippen molar-refractivity contribution in [3.05, 3.63) is 34.9 Å². The molecule has 0 aliphatic heterocycles. The van der Waals surface area contributed by atoms with Gasteiger partial charge in [0.2, 0.25) is 0 Å². The summed E-state index contributed by atoms with van der Waals surface area (Å²) in [4.78, 5) is 0. The van der Waals surface area contributed by atoms with E-state index in [4.69, 9.17) is 16.3 Å². The normalized spacial score (nSPS) is 14.3. The summed E-state index contributed by atoms with van der Waals surface area (Å²) in [5.74, 6) is 1.20. The molecular weight excluding hydrogens is 258 g/mol. The second-order valence-electron chi connectivity index (χ2n) is 5.12. The average Bonchev–Trinajstić information content (AvgIpc) is 2.40. The molecule has 0 aliphatic carbocycles. The first-order valence-electron chi connectivity index (χ1n) is 7.14. The van der Waals surface area contributed by atoms with Crippen molar-refractivity contribution in [3.8, 4) is 0 Å². The molecule has 0 bridgehead atoms.